The first-order valence-electron chi connectivity index (χ1n) is 10.2. The Morgan fingerprint density at radius 2 is 2.07 bits per heavy atom. The molecule has 3 aliphatic rings. The fourth-order valence-corrected chi connectivity index (χ4v) is 4.53. The lowest BCUT2D eigenvalue weighted by atomic mass is 9.90. The lowest BCUT2D eigenvalue weighted by molar-refractivity contribution is -0.135. The molecule has 6 heteroatoms. The fourth-order valence-electron chi connectivity index (χ4n) is 4.53. The average Bonchev–Trinajstić information content (AvgIpc) is 3.26. The molecule has 2 fully saturated rings. The van der Waals surface area contributed by atoms with Crippen LogP contribution in [0.25, 0.3) is 0 Å². The van der Waals surface area contributed by atoms with Gasteiger partial charge in [0.05, 0.1) is 18.6 Å². The van der Waals surface area contributed by atoms with E-state index in [1.807, 2.05) is 29.2 Å². The van der Waals surface area contributed by atoms with Gasteiger partial charge in [0.15, 0.2) is 0 Å². The van der Waals surface area contributed by atoms with Crippen LogP contribution < -0.4 is 15.4 Å². The largest absolute Gasteiger partial charge is 0.493 e. The maximum Gasteiger partial charge on any atom is 0.237 e. The molecular weight excluding hydrogens is 342 g/mol. The van der Waals surface area contributed by atoms with Gasteiger partial charge < -0.3 is 20.3 Å². The topological polar surface area (TPSA) is 70.7 Å². The molecule has 0 bridgehead atoms. The van der Waals surface area contributed by atoms with E-state index in [0.29, 0.717) is 19.1 Å². The summed E-state index contributed by atoms with van der Waals surface area (Å²) in [5, 5.41) is 6.32. The molecule has 0 radical (unpaired) electrons. The zero-order chi connectivity index (χ0) is 18.6. The number of para-hydroxylation sites is 1. The van der Waals surface area contributed by atoms with Gasteiger partial charge in [-0.3, -0.25) is 9.59 Å². The summed E-state index contributed by atoms with van der Waals surface area (Å²) in [6, 6.07) is 7.84. The van der Waals surface area contributed by atoms with E-state index >= 15 is 0 Å². The number of benzene rings is 1. The normalized spacial score (nSPS) is 27.6. The molecule has 1 aromatic rings. The number of ether oxygens (including phenoxy) is 1. The van der Waals surface area contributed by atoms with Gasteiger partial charge in [-0.25, -0.2) is 0 Å². The second-order valence-electron chi connectivity index (χ2n) is 7.91. The first-order chi connectivity index (χ1) is 13.2. The van der Waals surface area contributed by atoms with E-state index in [4.69, 9.17) is 4.74 Å². The number of amides is 2. The summed E-state index contributed by atoms with van der Waals surface area (Å²) < 4.78 is 5.70. The summed E-state index contributed by atoms with van der Waals surface area (Å²) in [6.07, 6.45) is 4.78. The van der Waals surface area contributed by atoms with Gasteiger partial charge in [-0.2, -0.15) is 0 Å². The van der Waals surface area contributed by atoms with Gasteiger partial charge >= 0.3 is 0 Å². The molecule has 0 spiro atoms. The standard InChI is InChI=1S/C21H29N3O3/c25-20(18-7-3-10-22-18)23-13-15-5-4-11-24(14-15)21(26)17-9-12-27-19-8-2-1-6-16(17)19/h1-2,6,8,15,17-18,22H,3-5,7,9-14H2,(H,23,25). The van der Waals surface area contributed by atoms with E-state index < -0.39 is 0 Å². The number of carbonyl (C=O) groups is 2. The Balaban J connectivity index is 1.34. The van der Waals surface area contributed by atoms with Gasteiger partial charge in [0.2, 0.25) is 11.8 Å². The number of rotatable bonds is 4. The second-order valence-corrected chi connectivity index (χ2v) is 7.91. The fraction of sp³-hybridized carbons (Fsp3) is 0.619. The Labute approximate surface area is 160 Å². The minimum atomic E-state index is -0.106. The summed E-state index contributed by atoms with van der Waals surface area (Å²) in [4.78, 5) is 27.4. The Bertz CT molecular complexity index is 687. The summed E-state index contributed by atoms with van der Waals surface area (Å²) in [5.74, 6) is 1.38. The van der Waals surface area contributed by atoms with Crippen molar-refractivity contribution in [3.63, 3.8) is 0 Å². The van der Waals surface area contributed by atoms with Crippen LogP contribution in [-0.2, 0) is 9.59 Å². The molecule has 3 heterocycles. The highest BCUT2D eigenvalue weighted by molar-refractivity contribution is 5.85. The van der Waals surface area contributed by atoms with E-state index in [0.717, 1.165) is 63.1 Å². The van der Waals surface area contributed by atoms with Crippen molar-refractivity contribution in [3.8, 4) is 5.75 Å². The van der Waals surface area contributed by atoms with Gasteiger partial charge in [-0.15, -0.1) is 0 Å². The third-order valence-corrected chi connectivity index (χ3v) is 6.03. The number of carbonyl (C=O) groups excluding carboxylic acids is 2. The first-order valence-corrected chi connectivity index (χ1v) is 10.2. The third kappa shape index (κ3) is 4.10. The van der Waals surface area contributed by atoms with Gasteiger partial charge in [0, 0.05) is 25.2 Å². The third-order valence-electron chi connectivity index (χ3n) is 6.03. The SMILES string of the molecule is O=C(NCC1CCCN(C(=O)C2CCOc3ccccc32)C1)C1CCCN1. The van der Waals surface area contributed by atoms with Crippen LogP contribution in [0.3, 0.4) is 0 Å². The van der Waals surface area contributed by atoms with Gasteiger partial charge in [-0.1, -0.05) is 18.2 Å². The Morgan fingerprint density at radius 1 is 1.19 bits per heavy atom. The summed E-state index contributed by atoms with van der Waals surface area (Å²) in [7, 11) is 0. The van der Waals surface area contributed by atoms with Gasteiger partial charge in [-0.05, 0) is 50.6 Å². The highest BCUT2D eigenvalue weighted by atomic mass is 16.5. The van der Waals surface area contributed by atoms with Crippen molar-refractivity contribution in [1.82, 2.24) is 15.5 Å². The molecule has 4 rings (SSSR count). The highest BCUT2D eigenvalue weighted by Gasteiger charge is 2.33. The number of hydrogen-bond donors (Lipinski definition) is 2. The van der Waals surface area contributed by atoms with Crippen LogP contribution in [0.2, 0.25) is 0 Å². The monoisotopic (exact) mass is 371 g/mol. The number of likely N-dealkylation sites (tertiary alicyclic amines) is 1. The van der Waals surface area contributed by atoms with Crippen molar-refractivity contribution < 1.29 is 14.3 Å². The molecule has 6 nitrogen and oxygen atoms in total. The molecule has 3 atom stereocenters. The van der Waals surface area contributed by atoms with Crippen molar-refractivity contribution in [1.29, 1.82) is 0 Å². The second kappa shape index (κ2) is 8.30. The quantitative estimate of drug-likeness (QED) is 0.845. The molecule has 146 valence electrons. The van der Waals surface area contributed by atoms with Crippen molar-refractivity contribution in [2.45, 2.75) is 44.1 Å². The van der Waals surface area contributed by atoms with Crippen molar-refractivity contribution in [3.05, 3.63) is 29.8 Å². The lowest BCUT2D eigenvalue weighted by Gasteiger charge is -2.36. The molecular formula is C21H29N3O3. The first kappa shape index (κ1) is 18.3. The van der Waals surface area contributed by atoms with Crippen molar-refractivity contribution in [2.75, 3.05) is 32.8 Å². The van der Waals surface area contributed by atoms with Crippen molar-refractivity contribution >= 4 is 11.8 Å². The number of nitrogens with zero attached hydrogens (tertiary/aromatic N) is 1. The van der Waals surface area contributed by atoms with Crippen LogP contribution in [0.4, 0.5) is 0 Å². The maximum atomic E-state index is 13.2. The van der Waals surface area contributed by atoms with E-state index in [-0.39, 0.29) is 23.8 Å². The Morgan fingerprint density at radius 3 is 2.93 bits per heavy atom. The lowest BCUT2D eigenvalue weighted by Crippen LogP contribution is -2.48. The minimum absolute atomic E-state index is 0.0370. The predicted molar refractivity (Wildman–Crippen MR) is 103 cm³/mol. The molecule has 27 heavy (non-hydrogen) atoms. The zero-order valence-electron chi connectivity index (χ0n) is 15.8. The summed E-state index contributed by atoms with van der Waals surface area (Å²) in [6.45, 7) is 3.72. The van der Waals surface area contributed by atoms with Crippen LogP contribution in [0, 0.1) is 5.92 Å². The minimum Gasteiger partial charge on any atom is -0.493 e. The number of nitrogens with one attached hydrogen (secondary N) is 2. The zero-order valence-corrected chi connectivity index (χ0v) is 15.8. The number of fused-ring (bicyclic) bond motifs is 1. The number of hydrogen-bond acceptors (Lipinski definition) is 4. The molecule has 2 amide bonds. The molecule has 3 aliphatic heterocycles. The molecule has 3 unspecified atom stereocenters. The molecule has 0 aromatic heterocycles. The predicted octanol–water partition coefficient (Wildman–Crippen LogP) is 1.66. The van der Waals surface area contributed by atoms with Gasteiger partial charge in [0.25, 0.3) is 0 Å². The van der Waals surface area contributed by atoms with Crippen LogP contribution in [0.5, 0.6) is 5.75 Å². The summed E-state index contributed by atoms with van der Waals surface area (Å²) in [5.41, 5.74) is 1.01. The van der Waals surface area contributed by atoms with Crippen LogP contribution in [-0.4, -0.2) is 55.5 Å². The van der Waals surface area contributed by atoms with E-state index in [9.17, 15) is 9.59 Å². The molecule has 0 aliphatic carbocycles. The Hall–Kier alpha value is -2.08. The molecule has 1 aromatic carbocycles. The van der Waals surface area contributed by atoms with Crippen LogP contribution in [0.15, 0.2) is 24.3 Å². The van der Waals surface area contributed by atoms with E-state index in [1.54, 1.807) is 0 Å². The number of piperidine rings is 1. The van der Waals surface area contributed by atoms with E-state index in [2.05, 4.69) is 10.6 Å². The van der Waals surface area contributed by atoms with Crippen LogP contribution >= 0.6 is 0 Å². The summed E-state index contributed by atoms with van der Waals surface area (Å²) >= 11 is 0. The maximum absolute atomic E-state index is 13.2. The van der Waals surface area contributed by atoms with Crippen LogP contribution in [0.1, 0.15) is 43.6 Å². The average molecular weight is 371 g/mol. The molecule has 2 saturated heterocycles. The van der Waals surface area contributed by atoms with E-state index in [1.165, 1.54) is 0 Å². The van der Waals surface area contributed by atoms with Gasteiger partial charge in [0.1, 0.15) is 5.75 Å². The van der Waals surface area contributed by atoms with Crippen molar-refractivity contribution in [2.24, 2.45) is 5.92 Å². The highest BCUT2D eigenvalue weighted by Crippen LogP contribution is 2.35. The molecule has 2 N–H and O–H groups in total. The Kier molecular flexibility index (Phi) is 5.62. The molecule has 0 saturated carbocycles. The smallest absolute Gasteiger partial charge is 0.237 e.